The molecule has 0 aliphatic carbocycles. The minimum Gasteiger partial charge on any atom is -0.508 e. The summed E-state index contributed by atoms with van der Waals surface area (Å²) >= 11 is 0. The average molecular weight is 217 g/mol. The molecule has 4 N–H and O–H groups in total. The van der Waals surface area contributed by atoms with Crippen molar-refractivity contribution in [3.05, 3.63) is 42.5 Å². The highest BCUT2D eigenvalue weighted by atomic mass is 16.5. The largest absolute Gasteiger partial charge is 0.508 e. The molecule has 0 heterocycles. The number of anilines is 1. The van der Waals surface area contributed by atoms with Gasteiger partial charge in [-0.15, -0.1) is 0 Å². The number of ether oxygens (including phenoxy) is 1. The van der Waals surface area contributed by atoms with E-state index < -0.39 is 0 Å². The van der Waals surface area contributed by atoms with Crippen molar-refractivity contribution in [2.75, 3.05) is 5.73 Å². The van der Waals surface area contributed by atoms with Gasteiger partial charge in [-0.25, -0.2) is 0 Å². The number of hydrogen-bond acceptors (Lipinski definition) is 4. The summed E-state index contributed by atoms with van der Waals surface area (Å²) in [5, 5.41) is 18.5. The van der Waals surface area contributed by atoms with E-state index in [2.05, 4.69) is 0 Å². The van der Waals surface area contributed by atoms with E-state index in [0.717, 1.165) is 0 Å². The zero-order chi connectivity index (χ0) is 11.5. The maximum absolute atomic E-state index is 9.29. The Morgan fingerprint density at radius 1 is 0.938 bits per heavy atom. The van der Waals surface area contributed by atoms with Gasteiger partial charge in [-0.05, 0) is 24.3 Å². The van der Waals surface area contributed by atoms with E-state index in [1.165, 1.54) is 18.2 Å². The summed E-state index contributed by atoms with van der Waals surface area (Å²) in [6, 6.07) is 10.8. The highest BCUT2D eigenvalue weighted by Gasteiger charge is 2.03. The van der Waals surface area contributed by atoms with Gasteiger partial charge < -0.3 is 20.7 Å². The molecule has 0 amide bonds. The van der Waals surface area contributed by atoms with E-state index in [1.54, 1.807) is 24.3 Å². The number of nitrogens with two attached hydrogens (primary N) is 1. The summed E-state index contributed by atoms with van der Waals surface area (Å²) in [6.07, 6.45) is 0. The van der Waals surface area contributed by atoms with Gasteiger partial charge in [-0.3, -0.25) is 0 Å². The third kappa shape index (κ3) is 2.17. The fraction of sp³-hybridized carbons (Fsp3) is 0. The van der Waals surface area contributed by atoms with Crippen molar-refractivity contribution < 1.29 is 14.9 Å². The Morgan fingerprint density at radius 3 is 2.44 bits per heavy atom. The second-order valence-electron chi connectivity index (χ2n) is 3.32. The third-order valence-electron chi connectivity index (χ3n) is 2.04. The summed E-state index contributed by atoms with van der Waals surface area (Å²) in [5.74, 6) is 0.989. The molecule has 0 saturated carbocycles. The quantitative estimate of drug-likeness (QED) is 0.533. The van der Waals surface area contributed by atoms with Crippen LogP contribution in [0.25, 0.3) is 0 Å². The van der Waals surface area contributed by atoms with Crippen LogP contribution in [0.2, 0.25) is 0 Å². The lowest BCUT2D eigenvalue weighted by Crippen LogP contribution is -1.91. The molecule has 0 bridgehead atoms. The summed E-state index contributed by atoms with van der Waals surface area (Å²) in [5.41, 5.74) is 6.09. The van der Waals surface area contributed by atoms with Crippen LogP contribution in [0, 0.1) is 0 Å². The summed E-state index contributed by atoms with van der Waals surface area (Å²) in [4.78, 5) is 0. The summed E-state index contributed by atoms with van der Waals surface area (Å²) in [6.45, 7) is 0. The summed E-state index contributed by atoms with van der Waals surface area (Å²) in [7, 11) is 0. The van der Waals surface area contributed by atoms with Crippen molar-refractivity contribution in [1.29, 1.82) is 0 Å². The molecule has 0 radical (unpaired) electrons. The minimum absolute atomic E-state index is 0.0735. The Hall–Kier alpha value is -2.36. The molecule has 2 aromatic carbocycles. The maximum atomic E-state index is 9.29. The number of rotatable bonds is 2. The molecule has 4 nitrogen and oxygen atoms in total. The topological polar surface area (TPSA) is 75.7 Å². The number of nitrogen functional groups attached to an aromatic ring is 1. The van der Waals surface area contributed by atoms with Crippen LogP contribution in [0.4, 0.5) is 5.69 Å². The van der Waals surface area contributed by atoms with E-state index in [-0.39, 0.29) is 11.5 Å². The fourth-order valence-electron chi connectivity index (χ4n) is 1.29. The van der Waals surface area contributed by atoms with Gasteiger partial charge in [0, 0.05) is 12.1 Å². The molecule has 2 aromatic rings. The van der Waals surface area contributed by atoms with Crippen LogP contribution in [0.3, 0.4) is 0 Å². The van der Waals surface area contributed by atoms with Crippen molar-refractivity contribution in [2.24, 2.45) is 0 Å². The van der Waals surface area contributed by atoms with Crippen LogP contribution in [0.1, 0.15) is 0 Å². The molecule has 0 spiro atoms. The lowest BCUT2D eigenvalue weighted by Gasteiger charge is -2.08. The van der Waals surface area contributed by atoms with Gasteiger partial charge in [0.05, 0.1) is 5.69 Å². The standard InChI is InChI=1S/C12H11NO3/c13-11-5-4-9(15)7-12(11)16-10-3-1-2-8(14)6-10/h1-7,14-15H,13H2. The Balaban J connectivity index is 2.30. The number of aromatic hydroxyl groups is 2. The Bertz CT molecular complexity index is 511. The molecular weight excluding hydrogens is 206 g/mol. The smallest absolute Gasteiger partial charge is 0.153 e. The van der Waals surface area contributed by atoms with Crippen molar-refractivity contribution in [3.8, 4) is 23.0 Å². The molecule has 4 heteroatoms. The lowest BCUT2D eigenvalue weighted by molar-refractivity contribution is 0.447. The predicted octanol–water partition coefficient (Wildman–Crippen LogP) is 2.47. The van der Waals surface area contributed by atoms with Crippen LogP contribution in [-0.2, 0) is 0 Å². The van der Waals surface area contributed by atoms with E-state index in [0.29, 0.717) is 17.2 Å². The van der Waals surface area contributed by atoms with Gasteiger partial charge in [0.2, 0.25) is 0 Å². The second kappa shape index (κ2) is 4.02. The molecule has 0 aliphatic heterocycles. The minimum atomic E-state index is 0.0735. The molecule has 16 heavy (non-hydrogen) atoms. The van der Waals surface area contributed by atoms with E-state index in [4.69, 9.17) is 10.5 Å². The van der Waals surface area contributed by atoms with E-state index in [9.17, 15) is 10.2 Å². The fourth-order valence-corrected chi connectivity index (χ4v) is 1.29. The molecule has 82 valence electrons. The van der Waals surface area contributed by atoms with Gasteiger partial charge in [0.25, 0.3) is 0 Å². The van der Waals surface area contributed by atoms with Crippen molar-refractivity contribution in [2.45, 2.75) is 0 Å². The first-order valence-electron chi connectivity index (χ1n) is 4.70. The average Bonchev–Trinajstić information content (AvgIpc) is 2.24. The Labute approximate surface area is 92.5 Å². The Kier molecular flexibility index (Phi) is 2.55. The van der Waals surface area contributed by atoms with Crippen LogP contribution in [-0.4, -0.2) is 10.2 Å². The molecule has 0 aliphatic rings. The first kappa shape index (κ1) is 10.2. The van der Waals surface area contributed by atoms with Crippen LogP contribution in [0.15, 0.2) is 42.5 Å². The van der Waals surface area contributed by atoms with Gasteiger partial charge in [0.1, 0.15) is 17.2 Å². The van der Waals surface area contributed by atoms with Gasteiger partial charge in [-0.1, -0.05) is 6.07 Å². The molecule has 0 saturated heterocycles. The van der Waals surface area contributed by atoms with Gasteiger partial charge in [-0.2, -0.15) is 0 Å². The predicted molar refractivity (Wildman–Crippen MR) is 60.7 cm³/mol. The van der Waals surface area contributed by atoms with Gasteiger partial charge in [0.15, 0.2) is 5.75 Å². The van der Waals surface area contributed by atoms with Crippen molar-refractivity contribution in [3.63, 3.8) is 0 Å². The van der Waals surface area contributed by atoms with Gasteiger partial charge >= 0.3 is 0 Å². The molecule has 0 fully saturated rings. The van der Waals surface area contributed by atoms with Crippen LogP contribution < -0.4 is 10.5 Å². The molecule has 0 aromatic heterocycles. The first-order chi connectivity index (χ1) is 7.65. The zero-order valence-electron chi connectivity index (χ0n) is 8.42. The highest BCUT2D eigenvalue weighted by Crippen LogP contribution is 2.31. The number of hydrogen-bond donors (Lipinski definition) is 3. The van der Waals surface area contributed by atoms with Crippen LogP contribution in [0.5, 0.6) is 23.0 Å². The number of phenols is 2. The molecular formula is C12H11NO3. The lowest BCUT2D eigenvalue weighted by atomic mass is 10.2. The van der Waals surface area contributed by atoms with Crippen molar-refractivity contribution >= 4 is 5.69 Å². The molecule has 0 atom stereocenters. The first-order valence-corrected chi connectivity index (χ1v) is 4.70. The number of benzene rings is 2. The maximum Gasteiger partial charge on any atom is 0.153 e. The second-order valence-corrected chi connectivity index (χ2v) is 3.32. The summed E-state index contributed by atoms with van der Waals surface area (Å²) < 4.78 is 5.43. The molecule has 2 rings (SSSR count). The van der Waals surface area contributed by atoms with E-state index >= 15 is 0 Å². The van der Waals surface area contributed by atoms with Crippen LogP contribution >= 0.6 is 0 Å². The zero-order valence-corrected chi connectivity index (χ0v) is 8.42. The SMILES string of the molecule is Nc1ccc(O)cc1Oc1cccc(O)c1. The third-order valence-corrected chi connectivity index (χ3v) is 2.04. The van der Waals surface area contributed by atoms with E-state index in [1.807, 2.05) is 0 Å². The highest BCUT2D eigenvalue weighted by molar-refractivity contribution is 5.56. The molecule has 0 unspecified atom stereocenters. The normalized spacial score (nSPS) is 10.0. The monoisotopic (exact) mass is 217 g/mol. The number of phenolic OH excluding ortho intramolecular Hbond substituents is 2. The Morgan fingerprint density at radius 2 is 1.69 bits per heavy atom. The van der Waals surface area contributed by atoms with Crippen molar-refractivity contribution in [1.82, 2.24) is 0 Å².